The van der Waals surface area contributed by atoms with Gasteiger partial charge in [0.1, 0.15) is 0 Å². The second kappa shape index (κ2) is 7.24. The van der Waals surface area contributed by atoms with Crippen molar-refractivity contribution in [3.8, 4) is 17.3 Å². The highest BCUT2D eigenvalue weighted by molar-refractivity contribution is 5.60. The molecule has 116 valence electrons. The van der Waals surface area contributed by atoms with E-state index in [2.05, 4.69) is 35.8 Å². The van der Waals surface area contributed by atoms with Gasteiger partial charge >= 0.3 is 0 Å². The molecule has 2 aromatic rings. The van der Waals surface area contributed by atoms with Crippen molar-refractivity contribution < 1.29 is 0 Å². The van der Waals surface area contributed by atoms with E-state index in [0.29, 0.717) is 11.5 Å². The summed E-state index contributed by atoms with van der Waals surface area (Å²) in [5, 5.41) is 8.86. The first kappa shape index (κ1) is 15.5. The summed E-state index contributed by atoms with van der Waals surface area (Å²) >= 11 is 0. The van der Waals surface area contributed by atoms with Crippen LogP contribution in [0.1, 0.15) is 49.1 Å². The van der Waals surface area contributed by atoms with Gasteiger partial charge < -0.3 is 0 Å². The smallest absolute Gasteiger partial charge is 0.0991 e. The molecule has 23 heavy (non-hydrogen) atoms. The first-order valence-electron chi connectivity index (χ1n) is 8.37. The Morgan fingerprint density at radius 3 is 2.39 bits per heavy atom. The molecule has 1 aromatic heterocycles. The third-order valence-corrected chi connectivity index (χ3v) is 4.91. The molecule has 0 radical (unpaired) electrons. The minimum Gasteiger partial charge on any atom is -0.256 e. The van der Waals surface area contributed by atoms with Crippen molar-refractivity contribution in [1.29, 1.82) is 5.26 Å². The molecular formula is C21H22N2. The minimum atomic E-state index is 0.651. The van der Waals surface area contributed by atoms with Crippen LogP contribution in [-0.2, 0) is 0 Å². The third-order valence-electron chi connectivity index (χ3n) is 4.91. The highest BCUT2D eigenvalue weighted by atomic mass is 14.7. The summed E-state index contributed by atoms with van der Waals surface area (Å²) < 4.78 is 0. The lowest BCUT2D eigenvalue weighted by Crippen LogP contribution is -2.13. The van der Waals surface area contributed by atoms with E-state index in [9.17, 15) is 0 Å². The van der Waals surface area contributed by atoms with Crippen LogP contribution in [0.4, 0.5) is 0 Å². The second-order valence-corrected chi connectivity index (χ2v) is 6.41. The first-order valence-corrected chi connectivity index (χ1v) is 8.37. The number of hydrogen-bond acceptors (Lipinski definition) is 2. The quantitative estimate of drug-likeness (QED) is 0.702. The molecule has 0 aliphatic heterocycles. The molecule has 1 heterocycles. The standard InChI is InChI=1S/C21H22N2/c1-2-3-16-4-8-18(9-5-16)20-12-13-21(23-15-20)19-10-6-17(14-22)7-11-19/h2,6-7,10-13,15-16,18H,1,3-5,8-9H2/t16-,18-. The molecule has 0 bridgehead atoms. The van der Waals surface area contributed by atoms with Gasteiger partial charge in [-0.15, -0.1) is 6.58 Å². The molecule has 0 spiro atoms. The van der Waals surface area contributed by atoms with Crippen LogP contribution in [0.3, 0.4) is 0 Å². The molecule has 0 atom stereocenters. The van der Waals surface area contributed by atoms with Gasteiger partial charge in [0, 0.05) is 11.8 Å². The Morgan fingerprint density at radius 2 is 1.83 bits per heavy atom. The number of rotatable bonds is 4. The summed E-state index contributed by atoms with van der Waals surface area (Å²) in [5.74, 6) is 1.48. The number of hydrogen-bond donors (Lipinski definition) is 0. The van der Waals surface area contributed by atoms with E-state index < -0.39 is 0 Å². The van der Waals surface area contributed by atoms with Gasteiger partial charge in [-0.2, -0.15) is 5.26 Å². The van der Waals surface area contributed by atoms with Crippen molar-refractivity contribution in [3.63, 3.8) is 0 Å². The van der Waals surface area contributed by atoms with Gasteiger partial charge in [-0.3, -0.25) is 4.98 Å². The summed E-state index contributed by atoms with van der Waals surface area (Å²) in [5.41, 5.74) is 4.07. The Kier molecular flexibility index (Phi) is 4.88. The number of pyridine rings is 1. The zero-order valence-corrected chi connectivity index (χ0v) is 13.4. The van der Waals surface area contributed by atoms with E-state index in [-0.39, 0.29) is 0 Å². The third kappa shape index (κ3) is 3.68. The van der Waals surface area contributed by atoms with Crippen molar-refractivity contribution in [1.82, 2.24) is 4.98 Å². The van der Waals surface area contributed by atoms with Crippen LogP contribution in [0.15, 0.2) is 55.3 Å². The van der Waals surface area contributed by atoms with Crippen LogP contribution >= 0.6 is 0 Å². The average Bonchev–Trinajstić information content (AvgIpc) is 2.63. The Hall–Kier alpha value is -2.40. The summed E-state index contributed by atoms with van der Waals surface area (Å²) in [4.78, 5) is 4.64. The van der Waals surface area contributed by atoms with E-state index >= 15 is 0 Å². The predicted octanol–water partition coefficient (Wildman–Crippen LogP) is 5.47. The van der Waals surface area contributed by atoms with E-state index in [1.807, 2.05) is 30.5 Å². The van der Waals surface area contributed by atoms with E-state index in [0.717, 1.165) is 23.6 Å². The zero-order valence-electron chi connectivity index (χ0n) is 13.4. The molecule has 1 saturated carbocycles. The summed E-state index contributed by atoms with van der Waals surface area (Å²) in [6.45, 7) is 3.85. The number of benzene rings is 1. The molecule has 1 aliphatic rings. The molecule has 1 fully saturated rings. The van der Waals surface area contributed by atoms with Gasteiger partial charge in [-0.25, -0.2) is 0 Å². The van der Waals surface area contributed by atoms with Crippen molar-refractivity contribution in [3.05, 3.63) is 66.4 Å². The van der Waals surface area contributed by atoms with Crippen LogP contribution in [0.2, 0.25) is 0 Å². The molecule has 2 heteroatoms. The monoisotopic (exact) mass is 302 g/mol. The van der Waals surface area contributed by atoms with Crippen LogP contribution in [0.25, 0.3) is 11.3 Å². The lowest BCUT2D eigenvalue weighted by molar-refractivity contribution is 0.328. The van der Waals surface area contributed by atoms with Gasteiger partial charge in [0.05, 0.1) is 17.3 Å². The molecule has 1 aromatic carbocycles. The van der Waals surface area contributed by atoms with Gasteiger partial charge in [0.15, 0.2) is 0 Å². The maximum Gasteiger partial charge on any atom is 0.0991 e. The molecule has 3 rings (SSSR count). The number of aromatic nitrogens is 1. The Bertz CT molecular complexity index is 684. The molecule has 0 N–H and O–H groups in total. The van der Waals surface area contributed by atoms with E-state index in [1.165, 1.54) is 31.2 Å². The van der Waals surface area contributed by atoms with Gasteiger partial charge in [-0.1, -0.05) is 24.3 Å². The zero-order chi connectivity index (χ0) is 16.1. The molecule has 0 saturated heterocycles. The summed E-state index contributed by atoms with van der Waals surface area (Å²) in [6.07, 6.45) is 10.4. The Labute approximate surface area is 138 Å². The molecule has 0 unspecified atom stereocenters. The maximum atomic E-state index is 8.86. The van der Waals surface area contributed by atoms with Crippen molar-refractivity contribution in [2.24, 2.45) is 5.92 Å². The molecule has 0 amide bonds. The fraction of sp³-hybridized carbons (Fsp3) is 0.333. The van der Waals surface area contributed by atoms with E-state index in [4.69, 9.17) is 5.26 Å². The predicted molar refractivity (Wildman–Crippen MR) is 93.9 cm³/mol. The van der Waals surface area contributed by atoms with Crippen molar-refractivity contribution in [2.45, 2.75) is 38.0 Å². The van der Waals surface area contributed by atoms with Crippen molar-refractivity contribution >= 4 is 0 Å². The number of nitriles is 1. The molecular weight excluding hydrogens is 280 g/mol. The van der Waals surface area contributed by atoms with Crippen LogP contribution < -0.4 is 0 Å². The molecule has 2 nitrogen and oxygen atoms in total. The van der Waals surface area contributed by atoms with Crippen molar-refractivity contribution in [2.75, 3.05) is 0 Å². The lowest BCUT2D eigenvalue weighted by Gasteiger charge is -2.28. The second-order valence-electron chi connectivity index (χ2n) is 6.41. The SMILES string of the molecule is C=CC[C@H]1CC[C@H](c2ccc(-c3ccc(C#N)cc3)nc2)CC1. The maximum absolute atomic E-state index is 8.86. The highest BCUT2D eigenvalue weighted by Gasteiger charge is 2.21. The summed E-state index contributed by atoms with van der Waals surface area (Å²) in [6, 6.07) is 14.1. The highest BCUT2D eigenvalue weighted by Crippen LogP contribution is 2.37. The van der Waals surface area contributed by atoms with Crippen LogP contribution in [0.5, 0.6) is 0 Å². The topological polar surface area (TPSA) is 36.7 Å². The van der Waals surface area contributed by atoms with Crippen LogP contribution in [0, 0.1) is 17.2 Å². The van der Waals surface area contributed by atoms with Crippen LogP contribution in [-0.4, -0.2) is 4.98 Å². The largest absolute Gasteiger partial charge is 0.256 e. The number of nitrogens with zero attached hydrogens (tertiary/aromatic N) is 2. The average molecular weight is 302 g/mol. The number of allylic oxidation sites excluding steroid dienone is 1. The molecule has 1 aliphatic carbocycles. The minimum absolute atomic E-state index is 0.651. The fourth-order valence-corrected chi connectivity index (χ4v) is 3.50. The fourth-order valence-electron chi connectivity index (χ4n) is 3.50. The Morgan fingerprint density at radius 1 is 1.09 bits per heavy atom. The normalized spacial score (nSPS) is 20.7. The Balaban J connectivity index is 1.67. The first-order chi connectivity index (χ1) is 11.3. The van der Waals surface area contributed by atoms with E-state index in [1.54, 1.807) is 0 Å². The van der Waals surface area contributed by atoms with Gasteiger partial charge in [0.25, 0.3) is 0 Å². The van der Waals surface area contributed by atoms with Gasteiger partial charge in [0.2, 0.25) is 0 Å². The summed E-state index contributed by atoms with van der Waals surface area (Å²) in [7, 11) is 0. The van der Waals surface area contributed by atoms with Gasteiger partial charge in [-0.05, 0) is 67.7 Å². The lowest BCUT2D eigenvalue weighted by atomic mass is 9.78.